The number of hydrogen-bond acceptors (Lipinski definition) is 2. The summed E-state index contributed by atoms with van der Waals surface area (Å²) < 4.78 is 5.62. The molecule has 0 radical (unpaired) electrons. The van der Waals surface area contributed by atoms with Crippen molar-refractivity contribution in [3.63, 3.8) is 0 Å². The smallest absolute Gasteiger partial charge is 0.0599 e. The molecule has 0 spiro atoms. The molecular weight excluding hydrogens is 222 g/mol. The van der Waals surface area contributed by atoms with E-state index in [0.717, 1.165) is 19.7 Å². The van der Waals surface area contributed by atoms with Crippen LogP contribution >= 0.6 is 0 Å². The molecular formula is C16H29NO. The second-order valence-electron chi connectivity index (χ2n) is 5.12. The fourth-order valence-corrected chi connectivity index (χ4v) is 1.37. The Morgan fingerprint density at radius 2 is 1.61 bits per heavy atom. The molecule has 0 saturated carbocycles. The summed E-state index contributed by atoms with van der Waals surface area (Å²) in [5, 5.41) is 3.37. The zero-order valence-electron chi connectivity index (χ0n) is 12.8. The highest BCUT2D eigenvalue weighted by Gasteiger charge is 2.08. The molecule has 0 aliphatic rings. The van der Waals surface area contributed by atoms with E-state index in [1.54, 1.807) is 0 Å². The molecule has 1 aromatic rings. The van der Waals surface area contributed by atoms with Crippen molar-refractivity contribution in [2.75, 3.05) is 13.2 Å². The number of aryl methyl sites for hydroxylation is 1. The van der Waals surface area contributed by atoms with Gasteiger partial charge in [-0.05, 0) is 33.3 Å². The Bertz CT molecular complexity index is 298. The second-order valence-corrected chi connectivity index (χ2v) is 5.12. The second kappa shape index (κ2) is 9.12. The summed E-state index contributed by atoms with van der Waals surface area (Å²) in [5.74, 6) is 0. The zero-order valence-corrected chi connectivity index (χ0v) is 12.8. The molecule has 0 aromatic heterocycles. The summed E-state index contributed by atoms with van der Waals surface area (Å²) in [6.45, 7) is 14.9. The zero-order chi connectivity index (χ0) is 14.0. The summed E-state index contributed by atoms with van der Waals surface area (Å²) >= 11 is 0. The van der Waals surface area contributed by atoms with Crippen LogP contribution in [-0.4, -0.2) is 18.8 Å². The first-order valence-electron chi connectivity index (χ1n) is 6.87. The standard InChI is InChI=1S/C14H23NO.C2H6/c1-12-5-7-13(8-6-12)11-15-9-10-16-14(2,3)4;1-2/h5-8,15H,9-11H2,1-4H3;1-2H3. The molecule has 1 aromatic carbocycles. The van der Waals surface area contributed by atoms with Crippen molar-refractivity contribution in [3.8, 4) is 0 Å². The molecule has 2 heteroatoms. The predicted molar refractivity (Wildman–Crippen MR) is 79.9 cm³/mol. The summed E-state index contributed by atoms with van der Waals surface area (Å²) in [6, 6.07) is 8.60. The normalized spacial score (nSPS) is 10.8. The fourth-order valence-electron chi connectivity index (χ4n) is 1.37. The highest BCUT2D eigenvalue weighted by molar-refractivity contribution is 5.20. The Hall–Kier alpha value is -0.860. The lowest BCUT2D eigenvalue weighted by atomic mass is 10.1. The summed E-state index contributed by atoms with van der Waals surface area (Å²) in [7, 11) is 0. The number of benzene rings is 1. The third-order valence-electron chi connectivity index (χ3n) is 2.26. The number of hydrogen-bond donors (Lipinski definition) is 1. The van der Waals surface area contributed by atoms with E-state index in [1.807, 2.05) is 13.8 Å². The molecule has 0 atom stereocenters. The molecule has 104 valence electrons. The Kier molecular flexibility index (Phi) is 8.69. The van der Waals surface area contributed by atoms with Crippen molar-refractivity contribution < 1.29 is 4.74 Å². The van der Waals surface area contributed by atoms with Crippen LogP contribution < -0.4 is 5.32 Å². The number of ether oxygens (including phenoxy) is 1. The van der Waals surface area contributed by atoms with Crippen LogP contribution in [0.3, 0.4) is 0 Å². The maximum Gasteiger partial charge on any atom is 0.0599 e. The van der Waals surface area contributed by atoms with Crippen LogP contribution in [0.1, 0.15) is 45.7 Å². The van der Waals surface area contributed by atoms with Gasteiger partial charge in [-0.1, -0.05) is 43.7 Å². The van der Waals surface area contributed by atoms with Crippen LogP contribution in [0.4, 0.5) is 0 Å². The van der Waals surface area contributed by atoms with Gasteiger partial charge in [-0.2, -0.15) is 0 Å². The van der Waals surface area contributed by atoms with Crippen molar-refractivity contribution in [2.45, 2.75) is 53.7 Å². The molecule has 0 amide bonds. The predicted octanol–water partition coefficient (Wildman–Crippen LogP) is 3.93. The maximum absolute atomic E-state index is 5.62. The van der Waals surface area contributed by atoms with Gasteiger partial charge in [-0.3, -0.25) is 0 Å². The summed E-state index contributed by atoms with van der Waals surface area (Å²) in [4.78, 5) is 0. The number of nitrogens with one attached hydrogen (secondary N) is 1. The van der Waals surface area contributed by atoms with E-state index in [4.69, 9.17) is 4.74 Å². The minimum atomic E-state index is -0.0362. The first-order valence-corrected chi connectivity index (χ1v) is 6.87. The van der Waals surface area contributed by atoms with Gasteiger partial charge in [0.25, 0.3) is 0 Å². The van der Waals surface area contributed by atoms with E-state index in [2.05, 4.69) is 57.3 Å². The van der Waals surface area contributed by atoms with Crippen molar-refractivity contribution in [3.05, 3.63) is 35.4 Å². The van der Waals surface area contributed by atoms with E-state index in [0.29, 0.717) is 0 Å². The number of rotatable bonds is 5. The summed E-state index contributed by atoms with van der Waals surface area (Å²) in [6.07, 6.45) is 0. The van der Waals surface area contributed by atoms with E-state index >= 15 is 0 Å². The first kappa shape index (κ1) is 17.1. The average molecular weight is 251 g/mol. The van der Waals surface area contributed by atoms with Crippen LogP contribution in [-0.2, 0) is 11.3 Å². The average Bonchev–Trinajstić information content (AvgIpc) is 2.32. The van der Waals surface area contributed by atoms with Gasteiger partial charge in [-0.25, -0.2) is 0 Å². The van der Waals surface area contributed by atoms with Gasteiger partial charge in [0.2, 0.25) is 0 Å². The minimum Gasteiger partial charge on any atom is -0.375 e. The van der Waals surface area contributed by atoms with Crippen molar-refractivity contribution in [2.24, 2.45) is 0 Å². The van der Waals surface area contributed by atoms with Crippen molar-refractivity contribution >= 4 is 0 Å². The Balaban J connectivity index is 0.00000137. The largest absolute Gasteiger partial charge is 0.375 e. The third kappa shape index (κ3) is 9.20. The molecule has 0 unspecified atom stereocenters. The third-order valence-corrected chi connectivity index (χ3v) is 2.26. The van der Waals surface area contributed by atoms with E-state index in [-0.39, 0.29) is 5.60 Å². The fraction of sp³-hybridized carbons (Fsp3) is 0.625. The molecule has 0 fully saturated rings. The van der Waals surface area contributed by atoms with Gasteiger partial charge in [-0.15, -0.1) is 0 Å². The topological polar surface area (TPSA) is 21.3 Å². The van der Waals surface area contributed by atoms with Crippen LogP contribution in [0, 0.1) is 6.92 Å². The van der Waals surface area contributed by atoms with Gasteiger partial charge in [0.15, 0.2) is 0 Å². The van der Waals surface area contributed by atoms with E-state index in [1.165, 1.54) is 11.1 Å². The lowest BCUT2D eigenvalue weighted by molar-refractivity contribution is -0.000885. The quantitative estimate of drug-likeness (QED) is 0.801. The first-order chi connectivity index (χ1) is 8.47. The van der Waals surface area contributed by atoms with E-state index < -0.39 is 0 Å². The maximum atomic E-state index is 5.62. The van der Waals surface area contributed by atoms with Crippen LogP contribution in [0.5, 0.6) is 0 Å². The van der Waals surface area contributed by atoms with Crippen LogP contribution in [0.2, 0.25) is 0 Å². The molecule has 0 heterocycles. The van der Waals surface area contributed by atoms with Gasteiger partial charge in [0.05, 0.1) is 12.2 Å². The van der Waals surface area contributed by atoms with Gasteiger partial charge in [0, 0.05) is 13.1 Å². The molecule has 0 aliphatic heterocycles. The van der Waals surface area contributed by atoms with E-state index in [9.17, 15) is 0 Å². The molecule has 1 N–H and O–H groups in total. The summed E-state index contributed by atoms with van der Waals surface area (Å²) in [5.41, 5.74) is 2.59. The van der Waals surface area contributed by atoms with Crippen LogP contribution in [0.25, 0.3) is 0 Å². The SMILES string of the molecule is CC.Cc1ccc(CNCCOC(C)(C)C)cc1. The van der Waals surface area contributed by atoms with Crippen molar-refractivity contribution in [1.29, 1.82) is 0 Å². The molecule has 0 aliphatic carbocycles. The minimum absolute atomic E-state index is 0.0362. The van der Waals surface area contributed by atoms with Crippen molar-refractivity contribution in [1.82, 2.24) is 5.32 Å². The van der Waals surface area contributed by atoms with Gasteiger partial charge < -0.3 is 10.1 Å². The highest BCUT2D eigenvalue weighted by atomic mass is 16.5. The molecule has 18 heavy (non-hydrogen) atoms. The molecule has 0 bridgehead atoms. The molecule has 1 rings (SSSR count). The monoisotopic (exact) mass is 251 g/mol. The van der Waals surface area contributed by atoms with Gasteiger partial charge >= 0.3 is 0 Å². The molecule has 0 saturated heterocycles. The van der Waals surface area contributed by atoms with Gasteiger partial charge in [0.1, 0.15) is 0 Å². The lowest BCUT2D eigenvalue weighted by Gasteiger charge is -2.19. The molecule has 2 nitrogen and oxygen atoms in total. The Morgan fingerprint density at radius 3 is 2.11 bits per heavy atom. The Labute approximate surface area is 113 Å². The Morgan fingerprint density at radius 1 is 1.06 bits per heavy atom. The lowest BCUT2D eigenvalue weighted by Crippen LogP contribution is -2.26. The highest BCUT2D eigenvalue weighted by Crippen LogP contribution is 2.05. The van der Waals surface area contributed by atoms with Crippen LogP contribution in [0.15, 0.2) is 24.3 Å².